The van der Waals surface area contributed by atoms with Crippen LogP contribution < -0.4 is 19.9 Å². The van der Waals surface area contributed by atoms with Gasteiger partial charge in [-0.25, -0.2) is 4.79 Å². The standard InChI is InChI=1S/C23H25NO9/c1-14(30-23(28)33-18-7-5-4-6-8-18)13-29-22(27)19(24)11-17-9-10-20(31-15(2)25)21(12-17)32-16(3)26/h4-10,12,14,19H,11,13,24H2,1-3H3/t14-,19-/m0/s1. The molecule has 2 rings (SSSR count). The highest BCUT2D eigenvalue weighted by Crippen LogP contribution is 2.29. The summed E-state index contributed by atoms with van der Waals surface area (Å²) in [6, 6.07) is 11.8. The molecule has 2 N–H and O–H groups in total. The van der Waals surface area contributed by atoms with Crippen molar-refractivity contribution < 1.29 is 42.9 Å². The van der Waals surface area contributed by atoms with Crippen LogP contribution in [0.15, 0.2) is 48.5 Å². The topological polar surface area (TPSA) is 140 Å². The molecule has 2 atom stereocenters. The summed E-state index contributed by atoms with van der Waals surface area (Å²) in [5.74, 6) is -1.51. The third kappa shape index (κ3) is 8.99. The maximum absolute atomic E-state index is 12.2. The van der Waals surface area contributed by atoms with Gasteiger partial charge in [0.1, 0.15) is 24.5 Å². The molecule has 10 heteroatoms. The van der Waals surface area contributed by atoms with E-state index < -0.39 is 36.2 Å². The minimum atomic E-state index is -1.04. The Hall–Kier alpha value is -3.92. The Bertz CT molecular complexity index is 991. The normalized spacial score (nSPS) is 12.1. The Kier molecular flexibility index (Phi) is 9.37. The SMILES string of the molecule is CC(=O)Oc1ccc(C[C@H](N)C(=O)OC[C@H](C)OC(=O)Oc2ccccc2)cc1OC(C)=O. The van der Waals surface area contributed by atoms with Gasteiger partial charge in [-0.05, 0) is 43.2 Å². The fourth-order valence-corrected chi connectivity index (χ4v) is 2.60. The first-order valence-electron chi connectivity index (χ1n) is 9.99. The number of ether oxygens (including phenoxy) is 5. The van der Waals surface area contributed by atoms with Crippen molar-refractivity contribution in [3.8, 4) is 17.2 Å². The molecule has 0 aromatic heterocycles. The summed E-state index contributed by atoms with van der Waals surface area (Å²) >= 11 is 0. The molecule has 0 radical (unpaired) electrons. The minimum absolute atomic E-state index is 0.0229. The van der Waals surface area contributed by atoms with E-state index in [1.165, 1.54) is 32.9 Å². The lowest BCUT2D eigenvalue weighted by Crippen LogP contribution is -2.36. The van der Waals surface area contributed by atoms with Gasteiger partial charge in [0.25, 0.3) is 0 Å². The molecule has 176 valence electrons. The Morgan fingerprint density at radius 3 is 2.15 bits per heavy atom. The predicted octanol–water partition coefficient (Wildman–Crippen LogP) is 2.55. The highest BCUT2D eigenvalue weighted by molar-refractivity contribution is 5.76. The number of carbonyl (C=O) groups excluding carboxylic acids is 4. The van der Waals surface area contributed by atoms with Gasteiger partial charge < -0.3 is 29.4 Å². The van der Waals surface area contributed by atoms with E-state index in [0.29, 0.717) is 11.3 Å². The Labute approximate surface area is 190 Å². The van der Waals surface area contributed by atoms with E-state index in [-0.39, 0.29) is 24.5 Å². The van der Waals surface area contributed by atoms with Crippen molar-refractivity contribution in [2.45, 2.75) is 39.3 Å². The highest BCUT2D eigenvalue weighted by atomic mass is 16.7. The summed E-state index contributed by atoms with van der Waals surface area (Å²) < 4.78 is 25.2. The summed E-state index contributed by atoms with van der Waals surface area (Å²) in [6.07, 6.45) is -1.64. The average molecular weight is 459 g/mol. The minimum Gasteiger partial charge on any atom is -0.461 e. The van der Waals surface area contributed by atoms with Crippen LogP contribution >= 0.6 is 0 Å². The van der Waals surface area contributed by atoms with E-state index in [1.54, 1.807) is 36.4 Å². The zero-order chi connectivity index (χ0) is 24.4. The molecular weight excluding hydrogens is 434 g/mol. The van der Waals surface area contributed by atoms with Crippen LogP contribution in [0.5, 0.6) is 17.2 Å². The van der Waals surface area contributed by atoms with E-state index in [4.69, 9.17) is 29.4 Å². The third-order valence-electron chi connectivity index (χ3n) is 3.98. The molecule has 2 aromatic carbocycles. The Balaban J connectivity index is 1.87. The average Bonchev–Trinajstić information content (AvgIpc) is 2.73. The molecule has 0 spiro atoms. The number of carbonyl (C=O) groups is 4. The predicted molar refractivity (Wildman–Crippen MR) is 115 cm³/mol. The Morgan fingerprint density at radius 1 is 0.879 bits per heavy atom. The van der Waals surface area contributed by atoms with Crippen molar-refractivity contribution in [2.75, 3.05) is 6.61 Å². The molecule has 0 unspecified atom stereocenters. The molecule has 0 bridgehead atoms. The van der Waals surface area contributed by atoms with Gasteiger partial charge in [0.2, 0.25) is 0 Å². The van der Waals surface area contributed by atoms with Crippen molar-refractivity contribution in [3.05, 3.63) is 54.1 Å². The lowest BCUT2D eigenvalue weighted by molar-refractivity contribution is -0.148. The molecule has 0 heterocycles. The number of hydrogen-bond donors (Lipinski definition) is 1. The molecule has 10 nitrogen and oxygen atoms in total. The molecule has 2 aromatic rings. The second-order valence-corrected chi connectivity index (χ2v) is 7.00. The van der Waals surface area contributed by atoms with Crippen LogP contribution in [0.3, 0.4) is 0 Å². The fraction of sp³-hybridized carbons (Fsp3) is 0.304. The van der Waals surface area contributed by atoms with Crippen LogP contribution in [0.2, 0.25) is 0 Å². The van der Waals surface area contributed by atoms with E-state index in [0.717, 1.165) is 0 Å². The van der Waals surface area contributed by atoms with Gasteiger partial charge in [-0.3, -0.25) is 14.4 Å². The van der Waals surface area contributed by atoms with E-state index in [2.05, 4.69) is 0 Å². The summed E-state index contributed by atoms with van der Waals surface area (Å²) in [7, 11) is 0. The molecule has 0 aliphatic heterocycles. The lowest BCUT2D eigenvalue weighted by Gasteiger charge is -2.16. The number of benzene rings is 2. The van der Waals surface area contributed by atoms with Crippen molar-refractivity contribution in [1.82, 2.24) is 0 Å². The van der Waals surface area contributed by atoms with E-state index in [1.807, 2.05) is 0 Å². The number of esters is 3. The first-order chi connectivity index (χ1) is 15.6. The van der Waals surface area contributed by atoms with Gasteiger partial charge in [-0.1, -0.05) is 24.3 Å². The van der Waals surface area contributed by atoms with Crippen molar-refractivity contribution in [3.63, 3.8) is 0 Å². The lowest BCUT2D eigenvalue weighted by atomic mass is 10.1. The number of hydrogen-bond acceptors (Lipinski definition) is 10. The molecular formula is C23H25NO9. The van der Waals surface area contributed by atoms with Crippen molar-refractivity contribution in [2.24, 2.45) is 5.73 Å². The fourth-order valence-electron chi connectivity index (χ4n) is 2.60. The van der Waals surface area contributed by atoms with Crippen LogP contribution in [-0.2, 0) is 30.3 Å². The van der Waals surface area contributed by atoms with Crippen LogP contribution in [0.4, 0.5) is 4.79 Å². The molecule has 0 aliphatic rings. The first-order valence-corrected chi connectivity index (χ1v) is 9.99. The number of para-hydroxylation sites is 1. The van der Waals surface area contributed by atoms with Gasteiger partial charge in [0.05, 0.1) is 0 Å². The second-order valence-electron chi connectivity index (χ2n) is 7.00. The molecule has 33 heavy (non-hydrogen) atoms. The van der Waals surface area contributed by atoms with Crippen molar-refractivity contribution >= 4 is 24.1 Å². The van der Waals surface area contributed by atoms with Crippen LogP contribution in [0.1, 0.15) is 26.3 Å². The summed E-state index contributed by atoms with van der Waals surface area (Å²) in [6.45, 7) is 3.72. The van der Waals surface area contributed by atoms with Gasteiger partial charge in [0.15, 0.2) is 11.5 Å². The van der Waals surface area contributed by atoms with E-state index in [9.17, 15) is 19.2 Å². The summed E-state index contributed by atoms with van der Waals surface area (Å²) in [5, 5.41) is 0. The zero-order valence-electron chi connectivity index (χ0n) is 18.4. The maximum Gasteiger partial charge on any atom is 0.514 e. The van der Waals surface area contributed by atoms with Crippen LogP contribution in [-0.4, -0.2) is 42.8 Å². The van der Waals surface area contributed by atoms with Crippen LogP contribution in [0.25, 0.3) is 0 Å². The van der Waals surface area contributed by atoms with E-state index >= 15 is 0 Å². The molecule has 0 saturated carbocycles. The Morgan fingerprint density at radius 2 is 1.52 bits per heavy atom. The van der Waals surface area contributed by atoms with Gasteiger partial charge >= 0.3 is 24.1 Å². The summed E-state index contributed by atoms with van der Waals surface area (Å²) in [4.78, 5) is 46.5. The molecule has 0 amide bonds. The van der Waals surface area contributed by atoms with Crippen molar-refractivity contribution in [1.29, 1.82) is 0 Å². The largest absolute Gasteiger partial charge is 0.514 e. The van der Waals surface area contributed by atoms with Crippen LogP contribution in [0, 0.1) is 0 Å². The smallest absolute Gasteiger partial charge is 0.461 e. The monoisotopic (exact) mass is 459 g/mol. The quantitative estimate of drug-likeness (QED) is 0.338. The molecule has 0 fully saturated rings. The van der Waals surface area contributed by atoms with Gasteiger partial charge in [-0.15, -0.1) is 0 Å². The van der Waals surface area contributed by atoms with Gasteiger partial charge in [-0.2, -0.15) is 0 Å². The number of rotatable bonds is 9. The summed E-state index contributed by atoms with van der Waals surface area (Å²) in [5.41, 5.74) is 6.45. The third-order valence-corrected chi connectivity index (χ3v) is 3.98. The second kappa shape index (κ2) is 12.2. The first kappa shape index (κ1) is 25.3. The number of nitrogens with two attached hydrogens (primary N) is 1. The van der Waals surface area contributed by atoms with Gasteiger partial charge in [0, 0.05) is 13.8 Å². The highest BCUT2D eigenvalue weighted by Gasteiger charge is 2.20. The maximum atomic E-state index is 12.2. The molecule has 0 aliphatic carbocycles. The molecule has 0 saturated heterocycles. The zero-order valence-corrected chi connectivity index (χ0v) is 18.4.